The van der Waals surface area contributed by atoms with Gasteiger partial charge in [0.25, 0.3) is 0 Å². The van der Waals surface area contributed by atoms with Gasteiger partial charge >= 0.3 is 0 Å². The number of likely N-dealkylation sites (N-methyl/N-ethyl adjacent to an activating group) is 1. The SMILES string of the molecule is CNC1CCCN(C(=O)CCCc2ccc(C)s2)C1.Cl. The molecular weight excluding hydrogens is 292 g/mol. The fourth-order valence-electron chi connectivity index (χ4n) is 2.63. The molecule has 1 amide bonds. The van der Waals surface area contributed by atoms with Crippen LogP contribution in [-0.2, 0) is 11.2 Å². The highest BCUT2D eigenvalue weighted by atomic mass is 35.5. The van der Waals surface area contributed by atoms with Crippen molar-refractivity contribution in [3.8, 4) is 0 Å². The summed E-state index contributed by atoms with van der Waals surface area (Å²) in [6, 6.07) is 4.82. The lowest BCUT2D eigenvalue weighted by Gasteiger charge is -2.32. The van der Waals surface area contributed by atoms with Gasteiger partial charge in [-0.15, -0.1) is 23.7 Å². The van der Waals surface area contributed by atoms with E-state index in [9.17, 15) is 4.79 Å². The van der Waals surface area contributed by atoms with Crippen LogP contribution >= 0.6 is 23.7 Å². The average molecular weight is 317 g/mol. The van der Waals surface area contributed by atoms with Crippen molar-refractivity contribution in [2.75, 3.05) is 20.1 Å². The molecule has 1 aromatic heterocycles. The summed E-state index contributed by atoms with van der Waals surface area (Å²) in [5.74, 6) is 0.327. The summed E-state index contributed by atoms with van der Waals surface area (Å²) in [6.07, 6.45) is 5.01. The summed E-state index contributed by atoms with van der Waals surface area (Å²) in [5, 5.41) is 3.28. The van der Waals surface area contributed by atoms with Crippen molar-refractivity contribution in [3.63, 3.8) is 0 Å². The summed E-state index contributed by atoms with van der Waals surface area (Å²) in [6.45, 7) is 3.95. The molecule has 0 aliphatic carbocycles. The smallest absolute Gasteiger partial charge is 0.222 e. The Labute approximate surface area is 132 Å². The van der Waals surface area contributed by atoms with Crippen LogP contribution in [0.5, 0.6) is 0 Å². The van der Waals surface area contributed by atoms with Crippen molar-refractivity contribution in [2.24, 2.45) is 0 Å². The first-order valence-corrected chi connectivity index (χ1v) is 8.01. The van der Waals surface area contributed by atoms with E-state index in [1.807, 2.05) is 23.3 Å². The lowest BCUT2D eigenvalue weighted by Crippen LogP contribution is -2.46. The normalized spacial score (nSPS) is 18.7. The third-order valence-corrected chi connectivity index (χ3v) is 4.85. The molecule has 0 spiro atoms. The van der Waals surface area contributed by atoms with Gasteiger partial charge in [0.2, 0.25) is 5.91 Å². The fourth-order valence-corrected chi connectivity index (χ4v) is 3.56. The maximum atomic E-state index is 12.2. The van der Waals surface area contributed by atoms with Gasteiger partial charge in [-0.1, -0.05) is 0 Å². The number of hydrogen-bond donors (Lipinski definition) is 1. The number of carbonyl (C=O) groups is 1. The minimum absolute atomic E-state index is 0. The van der Waals surface area contributed by atoms with Crippen molar-refractivity contribution < 1.29 is 4.79 Å². The van der Waals surface area contributed by atoms with Crippen molar-refractivity contribution in [2.45, 2.75) is 45.1 Å². The number of piperidine rings is 1. The molecule has 114 valence electrons. The highest BCUT2D eigenvalue weighted by Crippen LogP contribution is 2.18. The molecule has 2 heterocycles. The maximum Gasteiger partial charge on any atom is 0.222 e. The molecule has 3 nitrogen and oxygen atoms in total. The lowest BCUT2D eigenvalue weighted by atomic mass is 10.1. The predicted octanol–water partition coefficient (Wildman–Crippen LogP) is 3.01. The van der Waals surface area contributed by atoms with Gasteiger partial charge < -0.3 is 10.2 Å². The number of amides is 1. The van der Waals surface area contributed by atoms with Crippen LogP contribution in [0.1, 0.15) is 35.4 Å². The number of hydrogen-bond acceptors (Lipinski definition) is 3. The van der Waals surface area contributed by atoms with Gasteiger partial charge in [-0.25, -0.2) is 0 Å². The Morgan fingerprint density at radius 1 is 1.50 bits per heavy atom. The Morgan fingerprint density at radius 3 is 2.95 bits per heavy atom. The number of aryl methyl sites for hydroxylation is 2. The quantitative estimate of drug-likeness (QED) is 0.905. The van der Waals surface area contributed by atoms with Crippen LogP contribution in [0.25, 0.3) is 0 Å². The summed E-state index contributed by atoms with van der Waals surface area (Å²) in [7, 11) is 1.98. The first-order chi connectivity index (χ1) is 9.19. The second-order valence-electron chi connectivity index (χ2n) is 5.33. The van der Waals surface area contributed by atoms with E-state index in [0.717, 1.165) is 32.4 Å². The van der Waals surface area contributed by atoms with E-state index in [0.29, 0.717) is 18.4 Å². The van der Waals surface area contributed by atoms with E-state index in [2.05, 4.69) is 24.4 Å². The largest absolute Gasteiger partial charge is 0.341 e. The van der Waals surface area contributed by atoms with E-state index in [1.165, 1.54) is 16.2 Å². The number of carbonyl (C=O) groups excluding carboxylic acids is 1. The summed E-state index contributed by atoms with van der Waals surface area (Å²) >= 11 is 1.84. The van der Waals surface area contributed by atoms with Crippen molar-refractivity contribution in [1.82, 2.24) is 10.2 Å². The first kappa shape index (κ1) is 17.5. The molecule has 0 saturated carbocycles. The van der Waals surface area contributed by atoms with Gasteiger partial charge in [-0.2, -0.15) is 0 Å². The number of nitrogens with zero attached hydrogens (tertiary/aromatic N) is 1. The zero-order valence-corrected chi connectivity index (χ0v) is 14.0. The molecule has 0 aromatic carbocycles. The Bertz CT molecular complexity index is 422. The highest BCUT2D eigenvalue weighted by molar-refractivity contribution is 7.11. The predicted molar refractivity (Wildman–Crippen MR) is 87.9 cm³/mol. The van der Waals surface area contributed by atoms with Gasteiger partial charge in [0.05, 0.1) is 0 Å². The second-order valence-corrected chi connectivity index (χ2v) is 6.71. The van der Waals surface area contributed by atoms with E-state index in [1.54, 1.807) is 0 Å². The van der Waals surface area contributed by atoms with Crippen LogP contribution in [0.4, 0.5) is 0 Å². The molecule has 2 rings (SSSR count). The third kappa shape index (κ3) is 5.08. The number of nitrogens with one attached hydrogen (secondary N) is 1. The Kier molecular flexibility index (Phi) is 7.56. The molecule has 1 N–H and O–H groups in total. The molecular formula is C15H25ClN2OS. The summed E-state index contributed by atoms with van der Waals surface area (Å²) < 4.78 is 0. The fraction of sp³-hybridized carbons (Fsp3) is 0.667. The molecule has 20 heavy (non-hydrogen) atoms. The number of likely N-dealkylation sites (tertiary alicyclic amines) is 1. The first-order valence-electron chi connectivity index (χ1n) is 7.19. The topological polar surface area (TPSA) is 32.3 Å². The van der Waals surface area contributed by atoms with Crippen LogP contribution < -0.4 is 5.32 Å². The third-order valence-electron chi connectivity index (χ3n) is 3.79. The highest BCUT2D eigenvalue weighted by Gasteiger charge is 2.21. The summed E-state index contributed by atoms with van der Waals surface area (Å²) in [4.78, 5) is 16.9. The molecule has 1 fully saturated rings. The van der Waals surface area contributed by atoms with Gasteiger partial charge in [-0.3, -0.25) is 4.79 Å². The van der Waals surface area contributed by atoms with E-state index in [-0.39, 0.29) is 12.4 Å². The average Bonchev–Trinajstić information content (AvgIpc) is 2.84. The van der Waals surface area contributed by atoms with Crippen LogP contribution in [0.3, 0.4) is 0 Å². The van der Waals surface area contributed by atoms with Crippen molar-refractivity contribution in [1.29, 1.82) is 0 Å². The molecule has 5 heteroatoms. The monoisotopic (exact) mass is 316 g/mol. The van der Waals surface area contributed by atoms with Gasteiger partial charge in [0.15, 0.2) is 0 Å². The van der Waals surface area contributed by atoms with Crippen LogP contribution in [0, 0.1) is 6.92 Å². The van der Waals surface area contributed by atoms with E-state index < -0.39 is 0 Å². The molecule has 1 aliphatic rings. The molecule has 0 bridgehead atoms. The van der Waals surface area contributed by atoms with E-state index >= 15 is 0 Å². The Hall–Kier alpha value is -0.580. The van der Waals surface area contributed by atoms with Crippen molar-refractivity contribution in [3.05, 3.63) is 21.9 Å². The van der Waals surface area contributed by atoms with Gasteiger partial charge in [-0.05, 0) is 51.8 Å². The van der Waals surface area contributed by atoms with Gasteiger partial charge in [0, 0.05) is 35.3 Å². The number of thiophene rings is 1. The Balaban J connectivity index is 0.00000200. The lowest BCUT2D eigenvalue weighted by molar-refractivity contribution is -0.132. The zero-order chi connectivity index (χ0) is 13.7. The molecule has 1 aliphatic heterocycles. The minimum atomic E-state index is 0. The van der Waals surface area contributed by atoms with Crippen LogP contribution in [0.2, 0.25) is 0 Å². The Morgan fingerprint density at radius 2 is 2.30 bits per heavy atom. The number of rotatable bonds is 5. The second kappa shape index (κ2) is 8.65. The maximum absolute atomic E-state index is 12.2. The number of halogens is 1. The summed E-state index contributed by atoms with van der Waals surface area (Å²) in [5.41, 5.74) is 0. The van der Waals surface area contributed by atoms with Crippen LogP contribution in [0.15, 0.2) is 12.1 Å². The van der Waals surface area contributed by atoms with E-state index in [4.69, 9.17) is 0 Å². The minimum Gasteiger partial charge on any atom is -0.341 e. The standard InChI is InChI=1S/C15H24N2OS.ClH/c1-12-8-9-14(19-12)6-3-7-15(18)17-10-4-5-13(11-17)16-2;/h8-9,13,16H,3-7,10-11H2,1-2H3;1H. The zero-order valence-electron chi connectivity index (χ0n) is 12.4. The van der Waals surface area contributed by atoms with Gasteiger partial charge in [0.1, 0.15) is 0 Å². The molecule has 1 atom stereocenters. The molecule has 1 aromatic rings. The van der Waals surface area contributed by atoms with Crippen molar-refractivity contribution >= 4 is 29.7 Å². The molecule has 0 radical (unpaired) electrons. The molecule has 1 unspecified atom stereocenters. The molecule has 1 saturated heterocycles. The van der Waals surface area contributed by atoms with Crippen LogP contribution in [-0.4, -0.2) is 37.0 Å².